The summed E-state index contributed by atoms with van der Waals surface area (Å²) in [6, 6.07) is 4.56. The minimum absolute atomic E-state index is 0.0313. The molecule has 2 rings (SSSR count). The molecule has 0 fully saturated rings. The first kappa shape index (κ1) is 12.2. The summed E-state index contributed by atoms with van der Waals surface area (Å²) < 4.78 is 24.3. The van der Waals surface area contributed by atoms with Gasteiger partial charge in [-0.25, -0.2) is 4.39 Å². The summed E-state index contributed by atoms with van der Waals surface area (Å²) in [7, 11) is -0.889. The minimum Gasteiger partial charge on any atom is -0.349 e. The van der Waals surface area contributed by atoms with Gasteiger partial charge >= 0.3 is 0 Å². The van der Waals surface area contributed by atoms with Crippen molar-refractivity contribution in [3.05, 3.63) is 35.1 Å². The summed E-state index contributed by atoms with van der Waals surface area (Å²) in [6.07, 6.45) is 1.66. The lowest BCUT2D eigenvalue weighted by atomic mass is 10.1. The molecule has 0 aliphatic carbocycles. The first-order valence-electron chi connectivity index (χ1n) is 5.43. The van der Waals surface area contributed by atoms with Crippen LogP contribution in [0.4, 0.5) is 4.39 Å². The number of fused-ring (bicyclic) bond motifs is 1. The molecule has 17 heavy (non-hydrogen) atoms. The Hall–Kier alpha value is -1.23. The average Bonchev–Trinajstić information content (AvgIpc) is 2.55. The van der Waals surface area contributed by atoms with E-state index in [1.165, 1.54) is 12.1 Å². The van der Waals surface area contributed by atoms with E-state index in [0.29, 0.717) is 23.7 Å². The van der Waals surface area contributed by atoms with Gasteiger partial charge in [0.1, 0.15) is 11.7 Å². The van der Waals surface area contributed by atoms with Gasteiger partial charge in [-0.2, -0.15) is 0 Å². The van der Waals surface area contributed by atoms with Crippen molar-refractivity contribution in [1.82, 2.24) is 4.90 Å². The molecule has 1 aromatic rings. The summed E-state index contributed by atoms with van der Waals surface area (Å²) in [6.45, 7) is 2.55. The van der Waals surface area contributed by atoms with Crippen molar-refractivity contribution in [2.75, 3.05) is 12.0 Å². The van der Waals surface area contributed by atoms with Crippen molar-refractivity contribution < 1.29 is 8.60 Å². The zero-order valence-electron chi connectivity index (χ0n) is 9.87. The molecule has 0 spiro atoms. The normalized spacial score (nSPS) is 18.1. The maximum Gasteiger partial charge on any atom is 0.129 e. The second-order valence-electron chi connectivity index (χ2n) is 4.37. The molecule has 1 aliphatic heterocycles. The van der Waals surface area contributed by atoms with Gasteiger partial charge in [0.05, 0.1) is 0 Å². The standard InChI is InChI=1S/C12H15FN2OS/c1-8(7-17(2)16)15-6-9-3-4-10(13)5-11(9)12(15)14/h3-5,8,14H,6-7H2,1-2H3. The topological polar surface area (TPSA) is 44.2 Å². The van der Waals surface area contributed by atoms with Crippen molar-refractivity contribution in [2.45, 2.75) is 19.5 Å². The highest BCUT2D eigenvalue weighted by atomic mass is 32.2. The average molecular weight is 254 g/mol. The molecule has 0 radical (unpaired) electrons. The molecule has 0 aromatic heterocycles. The maximum atomic E-state index is 13.1. The maximum absolute atomic E-state index is 13.1. The van der Waals surface area contributed by atoms with Crippen LogP contribution in [0.2, 0.25) is 0 Å². The van der Waals surface area contributed by atoms with Crippen molar-refractivity contribution in [2.24, 2.45) is 0 Å². The molecule has 0 amide bonds. The second-order valence-corrected chi connectivity index (χ2v) is 5.85. The number of amidine groups is 1. The molecule has 1 aromatic carbocycles. The third-order valence-electron chi connectivity index (χ3n) is 2.96. The fourth-order valence-corrected chi connectivity index (χ4v) is 2.99. The van der Waals surface area contributed by atoms with Gasteiger partial charge in [0.2, 0.25) is 0 Å². The molecule has 0 saturated carbocycles. The summed E-state index contributed by atoms with van der Waals surface area (Å²) in [5.74, 6) is 0.540. The lowest BCUT2D eigenvalue weighted by Crippen LogP contribution is -2.36. The number of halogens is 1. The van der Waals surface area contributed by atoms with Gasteiger partial charge in [-0.15, -0.1) is 0 Å². The number of rotatable bonds is 3. The predicted octanol–water partition coefficient (Wildman–Crippen LogP) is 1.73. The molecule has 0 bridgehead atoms. The Balaban J connectivity index is 2.22. The molecule has 1 heterocycles. The van der Waals surface area contributed by atoms with E-state index in [0.717, 1.165) is 5.56 Å². The third kappa shape index (κ3) is 2.39. The van der Waals surface area contributed by atoms with E-state index in [4.69, 9.17) is 5.41 Å². The van der Waals surface area contributed by atoms with Crippen LogP contribution in [-0.2, 0) is 17.3 Å². The Morgan fingerprint density at radius 3 is 2.94 bits per heavy atom. The van der Waals surface area contributed by atoms with Crippen molar-refractivity contribution in [1.29, 1.82) is 5.41 Å². The quantitative estimate of drug-likeness (QED) is 0.893. The SMILES string of the molecule is CC(CS(C)=O)N1Cc2ccc(F)cc2C1=N. The van der Waals surface area contributed by atoms with E-state index in [1.54, 1.807) is 12.3 Å². The number of hydrogen-bond donors (Lipinski definition) is 1. The van der Waals surface area contributed by atoms with Crippen LogP contribution in [0.5, 0.6) is 0 Å². The van der Waals surface area contributed by atoms with Crippen LogP contribution in [0.1, 0.15) is 18.1 Å². The van der Waals surface area contributed by atoms with Gasteiger partial charge in [0, 0.05) is 41.0 Å². The van der Waals surface area contributed by atoms with Crippen LogP contribution in [0.25, 0.3) is 0 Å². The van der Waals surface area contributed by atoms with Crippen molar-refractivity contribution >= 4 is 16.6 Å². The summed E-state index contributed by atoms with van der Waals surface area (Å²) in [5, 5.41) is 8.02. The van der Waals surface area contributed by atoms with Crippen molar-refractivity contribution in [3.8, 4) is 0 Å². The van der Waals surface area contributed by atoms with Crippen LogP contribution in [-0.4, -0.2) is 33.0 Å². The predicted molar refractivity (Wildman–Crippen MR) is 67.2 cm³/mol. The highest BCUT2D eigenvalue weighted by Gasteiger charge is 2.28. The van der Waals surface area contributed by atoms with Crippen LogP contribution < -0.4 is 0 Å². The first-order chi connectivity index (χ1) is 7.99. The molecular formula is C12H15FN2OS. The Kier molecular flexibility index (Phi) is 3.28. The second kappa shape index (κ2) is 4.56. The van der Waals surface area contributed by atoms with E-state index in [9.17, 15) is 8.60 Å². The monoisotopic (exact) mass is 254 g/mol. The van der Waals surface area contributed by atoms with Crippen molar-refractivity contribution in [3.63, 3.8) is 0 Å². The molecule has 1 N–H and O–H groups in total. The summed E-state index contributed by atoms with van der Waals surface area (Å²) >= 11 is 0. The number of nitrogens with one attached hydrogen (secondary N) is 1. The van der Waals surface area contributed by atoms with E-state index < -0.39 is 10.8 Å². The molecule has 2 unspecified atom stereocenters. The zero-order valence-corrected chi connectivity index (χ0v) is 10.7. The number of hydrogen-bond acceptors (Lipinski definition) is 2. The van der Waals surface area contributed by atoms with E-state index in [2.05, 4.69) is 0 Å². The van der Waals surface area contributed by atoms with Crippen LogP contribution in [0.3, 0.4) is 0 Å². The lowest BCUT2D eigenvalue weighted by molar-refractivity contribution is 0.358. The van der Waals surface area contributed by atoms with E-state index in [-0.39, 0.29) is 11.9 Å². The van der Waals surface area contributed by atoms with Gasteiger partial charge in [-0.1, -0.05) is 6.07 Å². The largest absolute Gasteiger partial charge is 0.349 e. The Morgan fingerprint density at radius 1 is 1.59 bits per heavy atom. The zero-order chi connectivity index (χ0) is 12.6. The van der Waals surface area contributed by atoms with Crippen LogP contribution >= 0.6 is 0 Å². The van der Waals surface area contributed by atoms with Gasteiger partial charge in [-0.05, 0) is 24.6 Å². The van der Waals surface area contributed by atoms with Gasteiger partial charge in [0.15, 0.2) is 0 Å². The molecule has 1 aliphatic rings. The molecule has 0 saturated heterocycles. The first-order valence-corrected chi connectivity index (χ1v) is 7.15. The van der Waals surface area contributed by atoms with E-state index >= 15 is 0 Å². The molecule has 92 valence electrons. The summed E-state index contributed by atoms with van der Waals surface area (Å²) in [4.78, 5) is 1.87. The molecule has 3 nitrogen and oxygen atoms in total. The highest BCUT2D eigenvalue weighted by Crippen LogP contribution is 2.25. The summed E-state index contributed by atoms with van der Waals surface area (Å²) in [5.41, 5.74) is 1.61. The third-order valence-corrected chi connectivity index (χ3v) is 3.91. The fraction of sp³-hybridized carbons (Fsp3) is 0.417. The number of benzene rings is 1. The van der Waals surface area contributed by atoms with Gasteiger partial charge in [0.25, 0.3) is 0 Å². The Morgan fingerprint density at radius 2 is 2.29 bits per heavy atom. The molecule has 5 heteroatoms. The fourth-order valence-electron chi connectivity index (χ4n) is 2.13. The van der Waals surface area contributed by atoms with Gasteiger partial charge in [-0.3, -0.25) is 9.62 Å². The Bertz CT molecular complexity index is 489. The number of nitrogens with zero attached hydrogens (tertiary/aromatic N) is 1. The highest BCUT2D eigenvalue weighted by molar-refractivity contribution is 7.84. The minimum atomic E-state index is -0.889. The molecular weight excluding hydrogens is 239 g/mol. The van der Waals surface area contributed by atoms with Crippen LogP contribution in [0.15, 0.2) is 18.2 Å². The lowest BCUT2D eigenvalue weighted by Gasteiger charge is -2.25. The van der Waals surface area contributed by atoms with Crippen LogP contribution in [0, 0.1) is 11.2 Å². The smallest absolute Gasteiger partial charge is 0.129 e. The van der Waals surface area contributed by atoms with Gasteiger partial charge < -0.3 is 4.90 Å². The molecule has 2 atom stereocenters. The Labute approximate surface area is 103 Å². The van der Waals surface area contributed by atoms with E-state index in [1.807, 2.05) is 11.8 Å².